The van der Waals surface area contributed by atoms with Crippen LogP contribution in [-0.4, -0.2) is 14.2 Å². The third kappa shape index (κ3) is 2.28. The molecule has 0 unspecified atom stereocenters. The van der Waals surface area contributed by atoms with Crippen LogP contribution >= 0.6 is 0 Å². The zero-order valence-corrected chi connectivity index (χ0v) is 10.4. The van der Waals surface area contributed by atoms with Gasteiger partial charge in [-0.1, -0.05) is 18.2 Å². The molecule has 0 fully saturated rings. The van der Waals surface area contributed by atoms with E-state index in [9.17, 15) is 0 Å². The van der Waals surface area contributed by atoms with Gasteiger partial charge >= 0.3 is 0 Å². The summed E-state index contributed by atoms with van der Waals surface area (Å²) in [6.45, 7) is 0. The smallest absolute Gasteiger partial charge is 0.121 e. The fourth-order valence-electron chi connectivity index (χ4n) is 1.80. The highest BCUT2D eigenvalue weighted by molar-refractivity contribution is 5.70. The third-order valence-electron chi connectivity index (χ3n) is 2.83. The minimum Gasteiger partial charge on any atom is -0.497 e. The second-order valence-electron chi connectivity index (χ2n) is 3.89. The molecule has 0 bridgehead atoms. The summed E-state index contributed by atoms with van der Waals surface area (Å²) in [4.78, 5) is 1.97. The summed E-state index contributed by atoms with van der Waals surface area (Å²) >= 11 is 0. The first kappa shape index (κ1) is 12.0. The fraction of sp³-hybridized carbons (Fsp3) is 0.133. The highest BCUT2D eigenvalue weighted by Crippen LogP contribution is 2.29. The van der Waals surface area contributed by atoms with Gasteiger partial charge in [-0.3, -0.25) is 0 Å². The lowest BCUT2D eigenvalue weighted by atomic mass is 10.1. The van der Waals surface area contributed by atoms with E-state index >= 15 is 0 Å². The summed E-state index contributed by atoms with van der Waals surface area (Å²) in [7, 11) is 3.55. The van der Waals surface area contributed by atoms with Gasteiger partial charge < -0.3 is 9.64 Å². The van der Waals surface area contributed by atoms with Crippen LogP contribution in [0.4, 0.5) is 11.4 Å². The zero-order chi connectivity index (χ0) is 13.0. The van der Waals surface area contributed by atoms with Crippen molar-refractivity contribution in [1.29, 1.82) is 5.26 Å². The van der Waals surface area contributed by atoms with Gasteiger partial charge in [0.25, 0.3) is 0 Å². The van der Waals surface area contributed by atoms with E-state index in [2.05, 4.69) is 6.07 Å². The molecule has 0 amide bonds. The maximum absolute atomic E-state index is 9.16. The van der Waals surface area contributed by atoms with Crippen molar-refractivity contribution in [3.63, 3.8) is 0 Å². The lowest BCUT2D eigenvalue weighted by Crippen LogP contribution is -2.11. The van der Waals surface area contributed by atoms with Crippen molar-refractivity contribution in [2.75, 3.05) is 19.1 Å². The van der Waals surface area contributed by atoms with Crippen LogP contribution in [0.1, 0.15) is 5.56 Å². The molecular weight excluding hydrogens is 224 g/mol. The molecule has 18 heavy (non-hydrogen) atoms. The standard InChI is InChI=1S/C15H14N2O/c1-17(13-6-4-3-5-7-13)15-10-14(18-2)9-8-12(15)11-16/h3-10H,1-2H3. The first-order valence-corrected chi connectivity index (χ1v) is 5.63. The Hall–Kier alpha value is -2.47. The monoisotopic (exact) mass is 238 g/mol. The minimum absolute atomic E-state index is 0.627. The normalized spacial score (nSPS) is 9.61. The van der Waals surface area contributed by atoms with Gasteiger partial charge in [0.1, 0.15) is 11.8 Å². The topological polar surface area (TPSA) is 36.3 Å². The molecule has 0 aliphatic rings. The molecule has 0 atom stereocenters. The predicted octanol–water partition coefficient (Wildman–Crippen LogP) is 3.33. The average molecular weight is 238 g/mol. The Morgan fingerprint density at radius 1 is 1.11 bits per heavy atom. The van der Waals surface area contributed by atoms with Crippen molar-refractivity contribution in [1.82, 2.24) is 0 Å². The van der Waals surface area contributed by atoms with E-state index in [0.29, 0.717) is 5.56 Å². The molecule has 0 saturated carbocycles. The van der Waals surface area contributed by atoms with E-state index in [0.717, 1.165) is 17.1 Å². The lowest BCUT2D eigenvalue weighted by Gasteiger charge is -2.21. The van der Waals surface area contributed by atoms with Crippen LogP contribution in [0.2, 0.25) is 0 Å². The molecule has 90 valence electrons. The number of methoxy groups -OCH3 is 1. The van der Waals surface area contributed by atoms with Crippen molar-refractivity contribution in [2.45, 2.75) is 0 Å². The SMILES string of the molecule is COc1ccc(C#N)c(N(C)c2ccccc2)c1. The maximum Gasteiger partial charge on any atom is 0.121 e. The van der Waals surface area contributed by atoms with Crippen molar-refractivity contribution in [2.24, 2.45) is 0 Å². The van der Waals surface area contributed by atoms with E-state index in [-0.39, 0.29) is 0 Å². The number of benzene rings is 2. The summed E-state index contributed by atoms with van der Waals surface area (Å²) in [5.41, 5.74) is 2.49. The Balaban J connectivity index is 2.47. The Kier molecular flexibility index (Phi) is 3.49. The van der Waals surface area contributed by atoms with Gasteiger partial charge in [-0.2, -0.15) is 5.26 Å². The van der Waals surface area contributed by atoms with Gasteiger partial charge in [0.05, 0.1) is 18.4 Å². The van der Waals surface area contributed by atoms with Gasteiger partial charge in [-0.15, -0.1) is 0 Å². The zero-order valence-electron chi connectivity index (χ0n) is 10.4. The number of para-hydroxylation sites is 1. The summed E-state index contributed by atoms with van der Waals surface area (Å²) in [6.07, 6.45) is 0. The van der Waals surface area contributed by atoms with Crippen LogP contribution in [0.3, 0.4) is 0 Å². The fourth-order valence-corrected chi connectivity index (χ4v) is 1.80. The van der Waals surface area contributed by atoms with Crippen molar-refractivity contribution >= 4 is 11.4 Å². The van der Waals surface area contributed by atoms with Gasteiger partial charge in [0.2, 0.25) is 0 Å². The Labute approximate surface area is 107 Å². The number of rotatable bonds is 3. The molecule has 0 spiro atoms. The second kappa shape index (κ2) is 5.24. The first-order valence-electron chi connectivity index (χ1n) is 5.63. The Morgan fingerprint density at radius 2 is 1.83 bits per heavy atom. The van der Waals surface area contributed by atoms with Crippen LogP contribution in [0.15, 0.2) is 48.5 Å². The predicted molar refractivity (Wildman–Crippen MR) is 72.2 cm³/mol. The summed E-state index contributed by atoms with van der Waals surface area (Å²) < 4.78 is 5.20. The van der Waals surface area contributed by atoms with Crippen molar-refractivity contribution in [3.8, 4) is 11.8 Å². The molecule has 0 saturated heterocycles. The number of nitrogens with zero attached hydrogens (tertiary/aromatic N) is 2. The van der Waals surface area contributed by atoms with Gasteiger partial charge in [-0.05, 0) is 24.3 Å². The highest BCUT2D eigenvalue weighted by atomic mass is 16.5. The molecule has 2 aromatic carbocycles. The molecule has 0 N–H and O–H groups in total. The number of hydrogen-bond donors (Lipinski definition) is 0. The van der Waals surface area contributed by atoms with Crippen LogP contribution in [-0.2, 0) is 0 Å². The molecular formula is C15H14N2O. The number of anilines is 2. The molecule has 0 radical (unpaired) electrons. The number of ether oxygens (including phenoxy) is 1. The first-order chi connectivity index (χ1) is 8.76. The van der Waals surface area contributed by atoms with Crippen molar-refractivity contribution in [3.05, 3.63) is 54.1 Å². The average Bonchev–Trinajstić information content (AvgIpc) is 2.46. The molecule has 0 aromatic heterocycles. The van der Waals surface area contributed by atoms with E-state index in [1.165, 1.54) is 0 Å². The molecule has 2 aromatic rings. The van der Waals surface area contributed by atoms with Gasteiger partial charge in [0, 0.05) is 18.8 Å². The lowest BCUT2D eigenvalue weighted by molar-refractivity contribution is 0.415. The molecule has 0 heterocycles. The largest absolute Gasteiger partial charge is 0.497 e. The Morgan fingerprint density at radius 3 is 2.44 bits per heavy atom. The van der Waals surface area contributed by atoms with Gasteiger partial charge in [-0.25, -0.2) is 0 Å². The molecule has 0 aliphatic carbocycles. The second-order valence-corrected chi connectivity index (χ2v) is 3.89. The quantitative estimate of drug-likeness (QED) is 0.822. The molecule has 3 heteroatoms. The van der Waals surface area contributed by atoms with E-state index in [4.69, 9.17) is 10.00 Å². The minimum atomic E-state index is 0.627. The highest BCUT2D eigenvalue weighted by Gasteiger charge is 2.10. The number of hydrogen-bond acceptors (Lipinski definition) is 3. The Bertz CT molecular complexity index is 573. The summed E-state index contributed by atoms with van der Waals surface area (Å²) in [5, 5.41) is 9.16. The van der Waals surface area contributed by atoms with Gasteiger partial charge in [0.15, 0.2) is 0 Å². The maximum atomic E-state index is 9.16. The number of nitriles is 1. The van der Waals surface area contributed by atoms with Crippen LogP contribution < -0.4 is 9.64 Å². The van der Waals surface area contributed by atoms with Crippen molar-refractivity contribution < 1.29 is 4.74 Å². The van der Waals surface area contributed by atoms with Crippen LogP contribution in [0.5, 0.6) is 5.75 Å². The summed E-state index contributed by atoms with van der Waals surface area (Å²) in [6, 6.07) is 17.5. The third-order valence-corrected chi connectivity index (χ3v) is 2.83. The van der Waals surface area contributed by atoms with E-state index in [1.54, 1.807) is 19.2 Å². The molecule has 2 rings (SSSR count). The van der Waals surface area contributed by atoms with Crippen LogP contribution in [0.25, 0.3) is 0 Å². The molecule has 0 aliphatic heterocycles. The molecule has 3 nitrogen and oxygen atoms in total. The summed E-state index contributed by atoms with van der Waals surface area (Å²) in [5.74, 6) is 0.742. The van der Waals surface area contributed by atoms with E-state index < -0.39 is 0 Å². The van der Waals surface area contributed by atoms with E-state index in [1.807, 2.05) is 48.3 Å². The van der Waals surface area contributed by atoms with Crippen LogP contribution in [0, 0.1) is 11.3 Å².